The molecule has 1 rings (SSSR count). The molecule has 0 unspecified atom stereocenters. The van der Waals surface area contributed by atoms with Crippen molar-refractivity contribution in [3.8, 4) is 0 Å². The van der Waals surface area contributed by atoms with Gasteiger partial charge in [0.05, 0.1) is 0 Å². The Hall–Kier alpha value is -0.720. The molecule has 1 heterocycles. The van der Waals surface area contributed by atoms with Gasteiger partial charge >= 0.3 is 0 Å². The van der Waals surface area contributed by atoms with E-state index in [1.54, 1.807) is 0 Å². The first-order valence-corrected chi connectivity index (χ1v) is 6.94. The van der Waals surface area contributed by atoms with Crippen molar-refractivity contribution in [2.75, 3.05) is 0 Å². The van der Waals surface area contributed by atoms with Crippen molar-refractivity contribution in [2.45, 2.75) is 71.6 Å². The monoisotopic (exact) mass is 222 g/mol. The number of aryl methyl sites for hydroxylation is 2. The van der Waals surface area contributed by atoms with Crippen LogP contribution in [0.25, 0.3) is 0 Å². The van der Waals surface area contributed by atoms with E-state index in [-0.39, 0.29) is 0 Å². The third-order valence-corrected chi connectivity index (χ3v) is 2.99. The Kier molecular flexibility index (Phi) is 7.03. The predicted molar refractivity (Wildman–Crippen MR) is 69.8 cm³/mol. The second-order valence-electron chi connectivity index (χ2n) is 4.64. The Morgan fingerprint density at radius 3 is 2.06 bits per heavy atom. The topological polar surface area (TPSA) is 13.1 Å². The van der Waals surface area contributed by atoms with Crippen molar-refractivity contribution in [3.05, 3.63) is 23.7 Å². The van der Waals surface area contributed by atoms with Crippen LogP contribution in [0, 0.1) is 0 Å². The van der Waals surface area contributed by atoms with Gasteiger partial charge in [-0.05, 0) is 25.0 Å². The maximum absolute atomic E-state index is 5.75. The summed E-state index contributed by atoms with van der Waals surface area (Å²) < 4.78 is 5.75. The lowest BCUT2D eigenvalue weighted by Crippen LogP contribution is -1.84. The maximum Gasteiger partial charge on any atom is 0.104 e. The van der Waals surface area contributed by atoms with E-state index in [4.69, 9.17) is 4.42 Å². The van der Waals surface area contributed by atoms with Crippen LogP contribution in [0.15, 0.2) is 16.5 Å². The average Bonchev–Trinajstić information content (AvgIpc) is 2.72. The molecule has 1 heteroatoms. The molecular formula is C15H26O. The lowest BCUT2D eigenvalue weighted by Gasteiger charge is -1.99. The van der Waals surface area contributed by atoms with E-state index in [0.717, 1.165) is 18.6 Å². The van der Waals surface area contributed by atoms with Gasteiger partial charge in [0.25, 0.3) is 0 Å². The Labute approximate surface area is 100 Å². The molecule has 0 aliphatic carbocycles. The fourth-order valence-corrected chi connectivity index (χ4v) is 2.02. The minimum atomic E-state index is 1.08. The van der Waals surface area contributed by atoms with Crippen LogP contribution < -0.4 is 0 Å². The van der Waals surface area contributed by atoms with Crippen molar-refractivity contribution in [1.82, 2.24) is 0 Å². The largest absolute Gasteiger partial charge is 0.466 e. The highest BCUT2D eigenvalue weighted by atomic mass is 16.3. The standard InChI is InChI=1S/C15H26O/c1-3-5-6-7-8-9-11-15-13-12-14(16-15)10-4-2/h12-13H,3-11H2,1-2H3. The van der Waals surface area contributed by atoms with Gasteiger partial charge in [0.1, 0.15) is 11.5 Å². The van der Waals surface area contributed by atoms with Gasteiger partial charge in [-0.1, -0.05) is 46.0 Å². The molecule has 0 fully saturated rings. The Balaban J connectivity index is 2.07. The van der Waals surface area contributed by atoms with Crippen molar-refractivity contribution in [2.24, 2.45) is 0 Å². The Bertz CT molecular complexity index is 262. The van der Waals surface area contributed by atoms with Gasteiger partial charge < -0.3 is 4.42 Å². The molecule has 92 valence electrons. The lowest BCUT2D eigenvalue weighted by atomic mass is 10.1. The van der Waals surface area contributed by atoms with Crippen LogP contribution >= 0.6 is 0 Å². The Morgan fingerprint density at radius 1 is 0.750 bits per heavy atom. The maximum atomic E-state index is 5.75. The van der Waals surface area contributed by atoms with E-state index < -0.39 is 0 Å². The quantitative estimate of drug-likeness (QED) is 0.528. The number of rotatable bonds is 9. The third kappa shape index (κ3) is 5.39. The summed E-state index contributed by atoms with van der Waals surface area (Å²) >= 11 is 0. The summed E-state index contributed by atoms with van der Waals surface area (Å²) in [5, 5.41) is 0. The van der Waals surface area contributed by atoms with Crippen LogP contribution in [-0.4, -0.2) is 0 Å². The second kappa shape index (κ2) is 8.43. The molecule has 0 spiro atoms. The van der Waals surface area contributed by atoms with E-state index in [1.165, 1.54) is 50.7 Å². The van der Waals surface area contributed by atoms with Crippen molar-refractivity contribution in [1.29, 1.82) is 0 Å². The van der Waals surface area contributed by atoms with E-state index in [0.29, 0.717) is 0 Å². The van der Waals surface area contributed by atoms with E-state index >= 15 is 0 Å². The highest BCUT2D eigenvalue weighted by molar-refractivity contribution is 5.07. The summed E-state index contributed by atoms with van der Waals surface area (Å²) in [4.78, 5) is 0. The number of unbranched alkanes of at least 4 members (excludes halogenated alkanes) is 5. The van der Waals surface area contributed by atoms with Crippen LogP contribution in [-0.2, 0) is 12.8 Å². The molecule has 0 atom stereocenters. The van der Waals surface area contributed by atoms with E-state index in [1.807, 2.05) is 0 Å². The van der Waals surface area contributed by atoms with Crippen molar-refractivity contribution < 1.29 is 4.42 Å². The fourth-order valence-electron chi connectivity index (χ4n) is 2.02. The Morgan fingerprint density at radius 2 is 1.38 bits per heavy atom. The van der Waals surface area contributed by atoms with E-state index in [9.17, 15) is 0 Å². The minimum Gasteiger partial charge on any atom is -0.466 e. The first-order chi connectivity index (χ1) is 7.86. The predicted octanol–water partition coefficient (Wildman–Crippen LogP) is 5.14. The normalized spacial score (nSPS) is 10.9. The fraction of sp³-hybridized carbons (Fsp3) is 0.733. The van der Waals surface area contributed by atoms with Gasteiger partial charge in [-0.3, -0.25) is 0 Å². The summed E-state index contributed by atoms with van der Waals surface area (Å²) in [5.74, 6) is 2.34. The van der Waals surface area contributed by atoms with Gasteiger partial charge in [-0.25, -0.2) is 0 Å². The molecule has 0 radical (unpaired) electrons. The molecule has 0 bridgehead atoms. The molecule has 0 N–H and O–H groups in total. The molecule has 0 amide bonds. The average molecular weight is 222 g/mol. The molecule has 16 heavy (non-hydrogen) atoms. The van der Waals surface area contributed by atoms with Crippen molar-refractivity contribution >= 4 is 0 Å². The zero-order valence-electron chi connectivity index (χ0n) is 10.9. The van der Waals surface area contributed by atoms with Crippen LogP contribution in [0.5, 0.6) is 0 Å². The molecule has 0 aliphatic heterocycles. The molecular weight excluding hydrogens is 196 g/mol. The van der Waals surface area contributed by atoms with Crippen LogP contribution in [0.2, 0.25) is 0 Å². The lowest BCUT2D eigenvalue weighted by molar-refractivity contribution is 0.452. The molecule has 0 aliphatic rings. The smallest absolute Gasteiger partial charge is 0.104 e. The van der Waals surface area contributed by atoms with Gasteiger partial charge in [0.15, 0.2) is 0 Å². The summed E-state index contributed by atoms with van der Waals surface area (Å²) in [6.07, 6.45) is 11.5. The molecule has 1 aromatic rings. The van der Waals surface area contributed by atoms with Gasteiger partial charge in [-0.15, -0.1) is 0 Å². The van der Waals surface area contributed by atoms with Gasteiger partial charge in [0.2, 0.25) is 0 Å². The zero-order valence-corrected chi connectivity index (χ0v) is 10.9. The highest BCUT2D eigenvalue weighted by Gasteiger charge is 2.00. The third-order valence-electron chi connectivity index (χ3n) is 2.99. The second-order valence-corrected chi connectivity index (χ2v) is 4.64. The summed E-state index contributed by atoms with van der Waals surface area (Å²) in [7, 11) is 0. The van der Waals surface area contributed by atoms with Crippen LogP contribution in [0.3, 0.4) is 0 Å². The van der Waals surface area contributed by atoms with Crippen LogP contribution in [0.1, 0.15) is 70.3 Å². The summed E-state index contributed by atoms with van der Waals surface area (Å²) in [6, 6.07) is 4.28. The van der Waals surface area contributed by atoms with Crippen molar-refractivity contribution in [3.63, 3.8) is 0 Å². The first kappa shape index (κ1) is 13.3. The molecule has 1 nitrogen and oxygen atoms in total. The molecule has 0 saturated heterocycles. The van der Waals surface area contributed by atoms with Gasteiger partial charge in [0, 0.05) is 12.8 Å². The summed E-state index contributed by atoms with van der Waals surface area (Å²) in [5.41, 5.74) is 0. The molecule has 0 saturated carbocycles. The highest BCUT2D eigenvalue weighted by Crippen LogP contribution is 2.14. The van der Waals surface area contributed by atoms with Gasteiger partial charge in [-0.2, -0.15) is 0 Å². The first-order valence-electron chi connectivity index (χ1n) is 6.94. The zero-order chi connectivity index (χ0) is 11.6. The SMILES string of the molecule is CCCCCCCCc1ccc(CCC)o1. The van der Waals surface area contributed by atoms with E-state index in [2.05, 4.69) is 26.0 Å². The number of furan rings is 1. The number of hydrogen-bond donors (Lipinski definition) is 0. The van der Waals surface area contributed by atoms with Crippen LogP contribution in [0.4, 0.5) is 0 Å². The molecule has 1 aromatic heterocycles. The summed E-state index contributed by atoms with van der Waals surface area (Å²) in [6.45, 7) is 4.45. The molecule has 0 aromatic carbocycles. The number of hydrogen-bond acceptors (Lipinski definition) is 1. The minimum absolute atomic E-state index is 1.08.